The second kappa shape index (κ2) is 11.4. The summed E-state index contributed by atoms with van der Waals surface area (Å²) >= 11 is 0. The first-order valence-corrected chi connectivity index (χ1v) is 13.8. The van der Waals surface area contributed by atoms with E-state index < -0.39 is 10.0 Å². The highest BCUT2D eigenvalue weighted by atomic mass is 32.2. The molecule has 2 saturated heterocycles. The van der Waals surface area contributed by atoms with Crippen molar-refractivity contribution in [3.05, 3.63) is 48.0 Å². The molecule has 0 bridgehead atoms. The van der Waals surface area contributed by atoms with Gasteiger partial charge in [-0.25, -0.2) is 8.42 Å². The molecule has 2 aromatic rings. The number of nitrogens with zero attached hydrogens (tertiary/aromatic N) is 3. The Kier molecular flexibility index (Phi) is 8.30. The van der Waals surface area contributed by atoms with Gasteiger partial charge in [-0.3, -0.25) is 4.79 Å². The number of rotatable bonds is 8. The molecule has 0 spiro atoms. The summed E-state index contributed by atoms with van der Waals surface area (Å²) in [5.41, 5.74) is 2.40. The number of piperidine rings is 1. The molecule has 35 heavy (non-hydrogen) atoms. The number of nitrogens with one attached hydrogen (secondary N) is 1. The van der Waals surface area contributed by atoms with Crippen LogP contribution in [0.1, 0.15) is 31.2 Å². The van der Waals surface area contributed by atoms with Gasteiger partial charge in [0.1, 0.15) is 5.75 Å². The number of carbonyl (C=O) groups is 1. The number of sulfonamides is 1. The topological polar surface area (TPSA) is 82.2 Å². The molecule has 2 aliphatic heterocycles. The Labute approximate surface area is 208 Å². The van der Waals surface area contributed by atoms with E-state index in [0.717, 1.165) is 62.4 Å². The minimum atomic E-state index is -3.60. The molecule has 0 aliphatic carbocycles. The van der Waals surface area contributed by atoms with Gasteiger partial charge in [-0.05, 0) is 56.6 Å². The lowest BCUT2D eigenvalue weighted by Crippen LogP contribution is -2.44. The fourth-order valence-corrected chi connectivity index (χ4v) is 6.08. The number of likely N-dealkylation sites (N-methyl/N-ethyl adjacent to an activating group) is 1. The van der Waals surface area contributed by atoms with Gasteiger partial charge in [0.15, 0.2) is 0 Å². The van der Waals surface area contributed by atoms with Crippen LogP contribution in [-0.4, -0.2) is 76.5 Å². The molecular weight excluding hydrogens is 464 g/mol. The van der Waals surface area contributed by atoms with Crippen LogP contribution in [0.25, 0.3) is 0 Å². The number of amides is 1. The van der Waals surface area contributed by atoms with Crippen molar-refractivity contribution in [1.29, 1.82) is 0 Å². The quantitative estimate of drug-likeness (QED) is 0.599. The van der Waals surface area contributed by atoms with Crippen LogP contribution in [0.2, 0.25) is 0 Å². The lowest BCUT2D eigenvalue weighted by molar-refractivity contribution is -0.116. The minimum Gasteiger partial charge on any atom is -0.493 e. The normalized spacial score (nSPS) is 17.8. The van der Waals surface area contributed by atoms with Crippen molar-refractivity contribution in [2.24, 2.45) is 0 Å². The van der Waals surface area contributed by atoms with Gasteiger partial charge in [0, 0.05) is 39.3 Å². The number of benzene rings is 2. The zero-order chi connectivity index (χ0) is 24.8. The molecule has 9 heteroatoms. The maximum absolute atomic E-state index is 13.3. The van der Waals surface area contributed by atoms with Crippen molar-refractivity contribution in [3.63, 3.8) is 0 Å². The molecule has 2 fully saturated rings. The average Bonchev–Trinajstić information content (AvgIpc) is 2.86. The lowest BCUT2D eigenvalue weighted by Gasteiger charge is -2.35. The highest BCUT2D eigenvalue weighted by Crippen LogP contribution is 2.32. The number of carbonyl (C=O) groups excluding carboxylic acids is 1. The monoisotopic (exact) mass is 500 g/mol. The zero-order valence-corrected chi connectivity index (χ0v) is 21.5. The molecule has 2 heterocycles. The second-order valence-corrected chi connectivity index (χ2v) is 11.3. The van der Waals surface area contributed by atoms with E-state index >= 15 is 0 Å². The molecule has 0 saturated carbocycles. The van der Waals surface area contributed by atoms with Gasteiger partial charge >= 0.3 is 0 Å². The standard InChI is InChI=1S/C26H36N4O4S/c1-21-8-4-5-9-25(21)34-19-12-26(31)27-23-20-22(35(32,33)30-13-6-3-7-14-30)10-11-24(23)29-17-15-28(2)16-18-29/h4-5,8-11,20H,3,6-7,12-19H2,1-2H3,(H,27,31). The third-order valence-electron chi connectivity index (χ3n) is 6.72. The van der Waals surface area contributed by atoms with Crippen LogP contribution in [0, 0.1) is 6.92 Å². The number of hydrogen-bond donors (Lipinski definition) is 1. The van der Waals surface area contributed by atoms with Gasteiger partial charge < -0.3 is 19.9 Å². The summed E-state index contributed by atoms with van der Waals surface area (Å²) in [5, 5.41) is 2.98. The molecule has 0 atom stereocenters. The molecule has 190 valence electrons. The first kappa shape index (κ1) is 25.5. The molecule has 2 aliphatic rings. The molecule has 1 amide bonds. The lowest BCUT2D eigenvalue weighted by atomic mass is 10.2. The predicted octanol–water partition coefficient (Wildman–Crippen LogP) is 3.33. The van der Waals surface area contributed by atoms with E-state index in [2.05, 4.69) is 22.2 Å². The van der Waals surface area contributed by atoms with E-state index in [-0.39, 0.29) is 23.8 Å². The van der Waals surface area contributed by atoms with Gasteiger partial charge in [-0.15, -0.1) is 0 Å². The minimum absolute atomic E-state index is 0.166. The summed E-state index contributed by atoms with van der Waals surface area (Å²) in [6.45, 7) is 6.73. The summed E-state index contributed by atoms with van der Waals surface area (Å²) in [7, 11) is -1.52. The molecule has 4 rings (SSSR count). The van der Waals surface area contributed by atoms with E-state index in [1.807, 2.05) is 37.3 Å². The van der Waals surface area contributed by atoms with E-state index in [1.54, 1.807) is 16.4 Å². The van der Waals surface area contributed by atoms with E-state index in [0.29, 0.717) is 18.8 Å². The molecule has 2 aromatic carbocycles. The molecule has 0 unspecified atom stereocenters. The third-order valence-corrected chi connectivity index (χ3v) is 8.61. The summed E-state index contributed by atoms with van der Waals surface area (Å²) in [6, 6.07) is 12.8. The summed E-state index contributed by atoms with van der Waals surface area (Å²) < 4.78 is 33.9. The van der Waals surface area contributed by atoms with Gasteiger partial charge in [0.25, 0.3) is 0 Å². The number of anilines is 2. The van der Waals surface area contributed by atoms with E-state index in [4.69, 9.17) is 4.74 Å². The fourth-order valence-electron chi connectivity index (χ4n) is 4.54. The molecule has 8 nitrogen and oxygen atoms in total. The highest BCUT2D eigenvalue weighted by Gasteiger charge is 2.28. The van der Waals surface area contributed by atoms with E-state index in [1.165, 1.54) is 0 Å². The van der Waals surface area contributed by atoms with Gasteiger partial charge in [-0.2, -0.15) is 4.31 Å². The Hall–Kier alpha value is -2.62. The van der Waals surface area contributed by atoms with Gasteiger partial charge in [0.05, 0.1) is 29.3 Å². The zero-order valence-electron chi connectivity index (χ0n) is 20.7. The Morgan fingerprint density at radius 3 is 2.40 bits per heavy atom. The van der Waals surface area contributed by atoms with E-state index in [9.17, 15) is 13.2 Å². The smallest absolute Gasteiger partial charge is 0.243 e. The largest absolute Gasteiger partial charge is 0.493 e. The van der Waals surface area contributed by atoms with Crippen LogP contribution in [0.4, 0.5) is 11.4 Å². The maximum Gasteiger partial charge on any atom is 0.243 e. The van der Waals surface area contributed by atoms with Crippen molar-refractivity contribution in [2.75, 3.05) is 63.1 Å². The van der Waals surface area contributed by atoms with Crippen molar-refractivity contribution >= 4 is 27.3 Å². The summed E-state index contributed by atoms with van der Waals surface area (Å²) in [5.74, 6) is 0.550. The molecule has 0 aromatic heterocycles. The number of hydrogen-bond acceptors (Lipinski definition) is 6. The molecule has 0 radical (unpaired) electrons. The number of piperazine rings is 1. The first-order valence-electron chi connectivity index (χ1n) is 12.4. The van der Waals surface area contributed by atoms with Gasteiger partial charge in [0.2, 0.25) is 15.9 Å². The van der Waals surface area contributed by atoms with Crippen LogP contribution in [-0.2, 0) is 14.8 Å². The Morgan fingerprint density at radius 2 is 1.69 bits per heavy atom. The maximum atomic E-state index is 13.3. The van der Waals surface area contributed by atoms with Crippen LogP contribution in [0.15, 0.2) is 47.4 Å². The molecule has 1 N–H and O–H groups in total. The van der Waals surface area contributed by atoms with Crippen molar-refractivity contribution in [2.45, 2.75) is 37.5 Å². The molecular formula is C26H36N4O4S. The number of para-hydroxylation sites is 1. The van der Waals surface area contributed by atoms with Crippen molar-refractivity contribution in [3.8, 4) is 5.75 Å². The Morgan fingerprint density at radius 1 is 0.971 bits per heavy atom. The van der Waals surface area contributed by atoms with Crippen molar-refractivity contribution in [1.82, 2.24) is 9.21 Å². The highest BCUT2D eigenvalue weighted by molar-refractivity contribution is 7.89. The first-order chi connectivity index (χ1) is 16.8. The third kappa shape index (κ3) is 6.34. The SMILES string of the molecule is Cc1ccccc1OCCC(=O)Nc1cc(S(=O)(=O)N2CCCCC2)ccc1N1CCN(C)CC1. The van der Waals surface area contributed by atoms with Crippen LogP contribution >= 0.6 is 0 Å². The number of ether oxygens (including phenoxy) is 1. The predicted molar refractivity (Wildman–Crippen MR) is 139 cm³/mol. The second-order valence-electron chi connectivity index (χ2n) is 9.35. The number of aryl methyl sites for hydroxylation is 1. The van der Waals surface area contributed by atoms with Crippen LogP contribution < -0.4 is 15.0 Å². The van der Waals surface area contributed by atoms with Crippen LogP contribution in [0.5, 0.6) is 5.75 Å². The van der Waals surface area contributed by atoms with Crippen LogP contribution in [0.3, 0.4) is 0 Å². The van der Waals surface area contributed by atoms with Gasteiger partial charge in [-0.1, -0.05) is 24.6 Å². The average molecular weight is 501 g/mol. The summed E-state index contributed by atoms with van der Waals surface area (Å²) in [6.07, 6.45) is 2.98. The Balaban J connectivity index is 1.51. The van der Waals surface area contributed by atoms with Crippen molar-refractivity contribution < 1.29 is 17.9 Å². The Bertz CT molecular complexity index is 1120. The summed E-state index contributed by atoms with van der Waals surface area (Å²) in [4.78, 5) is 17.5. The fraction of sp³-hybridized carbons (Fsp3) is 0.500.